The molecule has 2 aliphatic rings. The molecule has 2 amide bonds. The fourth-order valence-electron chi connectivity index (χ4n) is 4.38. The number of amides is 2. The number of hydrogen-bond acceptors (Lipinski definition) is 4. The number of benzene rings is 1. The summed E-state index contributed by atoms with van der Waals surface area (Å²) in [7, 11) is 0. The number of hydrogen-bond donors (Lipinski definition) is 3. The number of urea groups is 1. The number of nitrogens with one attached hydrogen (secondary N) is 3. The van der Waals surface area contributed by atoms with E-state index in [-0.39, 0.29) is 35.4 Å². The maximum Gasteiger partial charge on any atom is 0.315 e. The third-order valence-electron chi connectivity index (χ3n) is 5.37. The summed E-state index contributed by atoms with van der Waals surface area (Å²) in [4.78, 5) is 12.5. The fraction of sp³-hybridized carbons (Fsp3) is 0.667. The third kappa shape index (κ3) is 4.86. The second-order valence-electron chi connectivity index (χ2n) is 9.78. The maximum atomic E-state index is 12.5. The Kier molecular flexibility index (Phi) is 5.06. The largest absolute Gasteiger partial charge is 0.454 e. The highest BCUT2D eigenvalue weighted by molar-refractivity contribution is 5.74. The summed E-state index contributed by atoms with van der Waals surface area (Å²) < 4.78 is 10.8. The van der Waals surface area contributed by atoms with Crippen molar-refractivity contribution in [3.8, 4) is 11.5 Å². The summed E-state index contributed by atoms with van der Waals surface area (Å²) in [6.07, 6.45) is 1.82. The van der Waals surface area contributed by atoms with Crippen molar-refractivity contribution in [3.63, 3.8) is 0 Å². The van der Waals surface area contributed by atoms with E-state index in [4.69, 9.17) is 9.47 Å². The Balaban J connectivity index is 1.56. The molecule has 1 saturated heterocycles. The van der Waals surface area contributed by atoms with Crippen molar-refractivity contribution in [1.82, 2.24) is 16.0 Å². The van der Waals surface area contributed by atoms with Gasteiger partial charge in [-0.1, -0.05) is 19.9 Å². The molecule has 1 aromatic rings. The van der Waals surface area contributed by atoms with Gasteiger partial charge in [0.25, 0.3) is 0 Å². The van der Waals surface area contributed by atoms with Crippen LogP contribution in [-0.2, 0) is 5.41 Å². The third-order valence-corrected chi connectivity index (χ3v) is 5.37. The van der Waals surface area contributed by atoms with E-state index in [9.17, 15) is 4.79 Å². The lowest BCUT2D eigenvalue weighted by Crippen LogP contribution is -2.63. The lowest BCUT2D eigenvalue weighted by molar-refractivity contribution is 0.147. The van der Waals surface area contributed by atoms with Gasteiger partial charge in [0, 0.05) is 29.1 Å². The van der Waals surface area contributed by atoms with Crippen molar-refractivity contribution in [1.29, 1.82) is 0 Å². The van der Waals surface area contributed by atoms with Crippen molar-refractivity contribution in [2.75, 3.05) is 13.3 Å². The molecule has 2 heterocycles. The van der Waals surface area contributed by atoms with Crippen molar-refractivity contribution >= 4 is 6.03 Å². The zero-order valence-corrected chi connectivity index (χ0v) is 17.4. The SMILES string of the molecule is CC1(C)CC(NC(=O)NCC(C)(C)c2ccc3c(c2)OCO3)CC(C)(C)N1. The molecular weight excluding hydrogens is 342 g/mol. The van der Waals surface area contributed by atoms with Crippen molar-refractivity contribution in [2.24, 2.45) is 0 Å². The standard InChI is InChI=1S/C21H33N3O3/c1-19(2,14-7-8-16-17(9-14)27-13-26-16)12-22-18(25)23-15-10-20(3,4)24-21(5,6)11-15/h7-9,15,24H,10-13H2,1-6H3,(H2,22,23,25). The van der Waals surface area contributed by atoms with Crippen LogP contribution in [-0.4, -0.2) is 36.5 Å². The van der Waals surface area contributed by atoms with E-state index >= 15 is 0 Å². The van der Waals surface area contributed by atoms with Gasteiger partial charge in [-0.05, 0) is 58.2 Å². The normalized spacial score (nSPS) is 21.0. The van der Waals surface area contributed by atoms with Crippen LogP contribution in [0.4, 0.5) is 4.79 Å². The Morgan fingerprint density at radius 1 is 1.15 bits per heavy atom. The molecule has 0 atom stereocenters. The van der Waals surface area contributed by atoms with Gasteiger partial charge in [0.2, 0.25) is 6.79 Å². The summed E-state index contributed by atoms with van der Waals surface area (Å²) in [5.41, 5.74) is 0.901. The van der Waals surface area contributed by atoms with Crippen LogP contribution in [0.2, 0.25) is 0 Å². The lowest BCUT2D eigenvalue weighted by Gasteiger charge is -2.46. The first-order valence-corrected chi connectivity index (χ1v) is 9.70. The topological polar surface area (TPSA) is 71.6 Å². The van der Waals surface area contributed by atoms with Crippen LogP contribution in [0.3, 0.4) is 0 Å². The second-order valence-corrected chi connectivity index (χ2v) is 9.78. The molecule has 6 heteroatoms. The van der Waals surface area contributed by atoms with Crippen LogP contribution in [0.1, 0.15) is 59.9 Å². The smallest absolute Gasteiger partial charge is 0.315 e. The maximum absolute atomic E-state index is 12.5. The fourth-order valence-corrected chi connectivity index (χ4v) is 4.38. The van der Waals surface area contributed by atoms with Gasteiger partial charge in [0.1, 0.15) is 0 Å². The van der Waals surface area contributed by atoms with Crippen LogP contribution in [0.5, 0.6) is 11.5 Å². The van der Waals surface area contributed by atoms with E-state index in [1.807, 2.05) is 18.2 Å². The van der Waals surface area contributed by atoms with Crippen LogP contribution in [0, 0.1) is 0 Å². The molecule has 0 saturated carbocycles. The molecular formula is C21H33N3O3. The summed E-state index contributed by atoms with van der Waals surface area (Å²) in [6.45, 7) is 13.8. The summed E-state index contributed by atoms with van der Waals surface area (Å²) in [6, 6.07) is 6.01. The molecule has 0 unspecified atom stereocenters. The molecule has 27 heavy (non-hydrogen) atoms. The molecule has 150 valence electrons. The molecule has 1 fully saturated rings. The summed E-state index contributed by atoms with van der Waals surface area (Å²) in [5, 5.41) is 9.85. The molecule has 0 radical (unpaired) electrons. The Morgan fingerprint density at radius 3 is 2.44 bits per heavy atom. The van der Waals surface area contributed by atoms with Gasteiger partial charge >= 0.3 is 6.03 Å². The van der Waals surface area contributed by atoms with Gasteiger partial charge in [0.15, 0.2) is 11.5 Å². The number of piperidine rings is 1. The first-order chi connectivity index (χ1) is 12.5. The average molecular weight is 376 g/mol. The Hall–Kier alpha value is -1.95. The summed E-state index contributed by atoms with van der Waals surface area (Å²) in [5.74, 6) is 1.54. The minimum absolute atomic E-state index is 0.00541. The van der Waals surface area contributed by atoms with Crippen molar-refractivity contribution < 1.29 is 14.3 Å². The molecule has 0 aliphatic carbocycles. The molecule has 0 bridgehead atoms. The zero-order chi connectivity index (χ0) is 19.9. The minimum atomic E-state index is -0.217. The van der Waals surface area contributed by atoms with Gasteiger partial charge < -0.3 is 25.4 Å². The lowest BCUT2D eigenvalue weighted by atomic mass is 9.79. The second kappa shape index (κ2) is 6.89. The number of carbonyl (C=O) groups is 1. The Morgan fingerprint density at radius 2 is 1.78 bits per heavy atom. The van der Waals surface area contributed by atoms with E-state index < -0.39 is 0 Å². The minimum Gasteiger partial charge on any atom is -0.454 e. The van der Waals surface area contributed by atoms with E-state index in [2.05, 4.69) is 57.5 Å². The predicted octanol–water partition coefficient (Wildman–Crippen LogP) is 3.30. The summed E-state index contributed by atoms with van der Waals surface area (Å²) >= 11 is 0. The molecule has 3 rings (SSSR count). The van der Waals surface area contributed by atoms with Gasteiger partial charge in [0.05, 0.1) is 0 Å². The highest BCUT2D eigenvalue weighted by atomic mass is 16.7. The van der Waals surface area contributed by atoms with Crippen LogP contribution >= 0.6 is 0 Å². The van der Waals surface area contributed by atoms with E-state index in [0.29, 0.717) is 6.54 Å². The molecule has 3 N–H and O–H groups in total. The first kappa shape index (κ1) is 19.8. The van der Waals surface area contributed by atoms with Crippen LogP contribution < -0.4 is 25.4 Å². The molecule has 0 spiro atoms. The quantitative estimate of drug-likeness (QED) is 0.755. The van der Waals surface area contributed by atoms with Crippen LogP contribution in [0.15, 0.2) is 18.2 Å². The monoisotopic (exact) mass is 375 g/mol. The number of carbonyl (C=O) groups excluding carboxylic acids is 1. The van der Waals surface area contributed by atoms with Gasteiger partial charge in [-0.2, -0.15) is 0 Å². The van der Waals surface area contributed by atoms with Gasteiger partial charge in [-0.15, -0.1) is 0 Å². The number of fused-ring (bicyclic) bond motifs is 1. The molecule has 0 aromatic heterocycles. The molecule has 2 aliphatic heterocycles. The average Bonchev–Trinajstić information content (AvgIpc) is 2.97. The Labute approximate surface area is 162 Å². The number of ether oxygens (including phenoxy) is 2. The van der Waals surface area contributed by atoms with Crippen molar-refractivity contribution in [3.05, 3.63) is 23.8 Å². The molecule has 1 aromatic carbocycles. The first-order valence-electron chi connectivity index (χ1n) is 9.70. The predicted molar refractivity (Wildman–Crippen MR) is 106 cm³/mol. The van der Waals surface area contributed by atoms with Crippen LogP contribution in [0.25, 0.3) is 0 Å². The van der Waals surface area contributed by atoms with E-state index in [1.54, 1.807) is 0 Å². The van der Waals surface area contributed by atoms with E-state index in [0.717, 1.165) is 29.9 Å². The van der Waals surface area contributed by atoms with Gasteiger partial charge in [-0.25, -0.2) is 4.79 Å². The zero-order valence-electron chi connectivity index (χ0n) is 17.4. The van der Waals surface area contributed by atoms with E-state index in [1.165, 1.54) is 0 Å². The molecule has 6 nitrogen and oxygen atoms in total. The Bertz CT molecular complexity index is 697. The highest BCUT2D eigenvalue weighted by Crippen LogP contribution is 2.36. The van der Waals surface area contributed by atoms with Crippen molar-refractivity contribution in [2.45, 2.75) is 76.9 Å². The van der Waals surface area contributed by atoms with Gasteiger partial charge in [-0.3, -0.25) is 0 Å². The highest BCUT2D eigenvalue weighted by Gasteiger charge is 2.38. The number of rotatable bonds is 4.